The Morgan fingerprint density at radius 1 is 1.12 bits per heavy atom. The van der Waals surface area contributed by atoms with Crippen LogP contribution in [0.25, 0.3) is 0 Å². The van der Waals surface area contributed by atoms with E-state index in [2.05, 4.69) is 17.9 Å². The number of hydrogen-bond acceptors (Lipinski definition) is 4. The molecule has 1 unspecified atom stereocenters. The monoisotopic (exact) mass is 469 g/mol. The molecule has 2 amide bonds. The summed E-state index contributed by atoms with van der Waals surface area (Å²) in [6, 6.07) is 14.4. The van der Waals surface area contributed by atoms with Gasteiger partial charge in [-0.25, -0.2) is 4.90 Å². The zero-order chi connectivity index (χ0) is 23.0. The second kappa shape index (κ2) is 8.86. The molecule has 0 N–H and O–H groups in total. The molecule has 0 aromatic heterocycles. The van der Waals surface area contributed by atoms with Gasteiger partial charge in [0.25, 0.3) is 0 Å². The molecule has 0 radical (unpaired) electrons. The fourth-order valence-electron chi connectivity index (χ4n) is 5.31. The van der Waals surface area contributed by atoms with Crippen LogP contribution >= 0.6 is 23.2 Å². The molecule has 2 aromatic carbocycles. The normalized spacial score (nSPS) is 26.0. The lowest BCUT2D eigenvalue weighted by Crippen LogP contribution is -2.57. The van der Waals surface area contributed by atoms with Crippen LogP contribution in [0.2, 0.25) is 10.0 Å². The Bertz CT molecular complexity index is 1080. The Labute approximate surface area is 198 Å². The average Bonchev–Trinajstić information content (AvgIpc) is 3.11. The number of halogens is 2. The molecule has 2 aromatic rings. The van der Waals surface area contributed by atoms with Crippen LogP contribution in [0.1, 0.15) is 43.7 Å². The molecule has 0 aliphatic carbocycles. The summed E-state index contributed by atoms with van der Waals surface area (Å²) < 4.78 is 0. The van der Waals surface area contributed by atoms with Crippen molar-refractivity contribution < 1.29 is 9.59 Å². The number of benzene rings is 2. The molecular formula is C25H25Cl2N3O2. The fourth-order valence-corrected chi connectivity index (χ4v) is 5.82. The van der Waals surface area contributed by atoms with Crippen LogP contribution < -0.4 is 4.90 Å². The minimum absolute atomic E-state index is 0.0815. The molecular weight excluding hydrogens is 445 g/mol. The molecule has 5 nitrogen and oxygen atoms in total. The van der Waals surface area contributed by atoms with Gasteiger partial charge in [0, 0.05) is 35.0 Å². The smallest absolute Gasteiger partial charge is 0.241 e. The molecule has 2 aliphatic heterocycles. The SMILES string of the molecule is CCCN1C[C@@H](c2ccc(C#N)cc2)[C@]2(CC(C)C(=O)N(c3cc(Cl)cc(Cl)c3)C2=O)C1. The summed E-state index contributed by atoms with van der Waals surface area (Å²) in [5, 5.41) is 9.94. The second-order valence-corrected chi connectivity index (χ2v) is 9.76. The number of rotatable bonds is 4. The van der Waals surface area contributed by atoms with Gasteiger partial charge in [-0.3, -0.25) is 9.59 Å². The van der Waals surface area contributed by atoms with Crippen LogP contribution in [0, 0.1) is 22.7 Å². The molecule has 166 valence electrons. The van der Waals surface area contributed by atoms with E-state index >= 15 is 0 Å². The van der Waals surface area contributed by atoms with Crippen molar-refractivity contribution in [3.05, 3.63) is 63.6 Å². The van der Waals surface area contributed by atoms with E-state index in [1.54, 1.807) is 30.3 Å². The van der Waals surface area contributed by atoms with Gasteiger partial charge >= 0.3 is 0 Å². The first kappa shape index (κ1) is 22.8. The van der Waals surface area contributed by atoms with Crippen LogP contribution in [0.3, 0.4) is 0 Å². The highest BCUT2D eigenvalue weighted by Gasteiger charge is 2.58. The van der Waals surface area contributed by atoms with Crippen LogP contribution in [-0.2, 0) is 9.59 Å². The van der Waals surface area contributed by atoms with Crippen LogP contribution in [-0.4, -0.2) is 36.3 Å². The number of carbonyl (C=O) groups excluding carboxylic acids is 2. The number of anilines is 1. The zero-order valence-corrected chi connectivity index (χ0v) is 19.7. The van der Waals surface area contributed by atoms with Gasteiger partial charge in [0.05, 0.1) is 22.7 Å². The summed E-state index contributed by atoms with van der Waals surface area (Å²) >= 11 is 12.4. The highest BCUT2D eigenvalue weighted by Crippen LogP contribution is 2.51. The van der Waals surface area contributed by atoms with Crippen molar-refractivity contribution in [3.63, 3.8) is 0 Å². The largest absolute Gasteiger partial charge is 0.302 e. The maximum Gasteiger partial charge on any atom is 0.241 e. The van der Waals surface area contributed by atoms with Crippen molar-refractivity contribution in [2.45, 2.75) is 32.6 Å². The molecule has 1 spiro atoms. The van der Waals surface area contributed by atoms with Crippen LogP contribution in [0.4, 0.5) is 5.69 Å². The summed E-state index contributed by atoms with van der Waals surface area (Å²) in [6.07, 6.45) is 1.47. The summed E-state index contributed by atoms with van der Waals surface area (Å²) in [4.78, 5) is 30.9. The van der Waals surface area contributed by atoms with Gasteiger partial charge in [-0.15, -0.1) is 0 Å². The summed E-state index contributed by atoms with van der Waals surface area (Å²) in [6.45, 7) is 6.21. The van der Waals surface area contributed by atoms with E-state index in [-0.39, 0.29) is 23.7 Å². The highest BCUT2D eigenvalue weighted by atomic mass is 35.5. The van der Waals surface area contributed by atoms with Gasteiger partial charge in [0.15, 0.2) is 0 Å². The second-order valence-electron chi connectivity index (χ2n) is 8.89. The lowest BCUT2D eigenvalue weighted by atomic mass is 9.66. The maximum absolute atomic E-state index is 14.1. The fraction of sp³-hybridized carbons (Fsp3) is 0.400. The number of imide groups is 1. The Balaban J connectivity index is 1.81. The number of hydrogen-bond donors (Lipinski definition) is 0. The lowest BCUT2D eigenvalue weighted by Gasteiger charge is -2.44. The maximum atomic E-state index is 14.1. The van der Waals surface area contributed by atoms with E-state index in [0.717, 1.165) is 25.1 Å². The van der Waals surface area contributed by atoms with Gasteiger partial charge in [-0.2, -0.15) is 5.26 Å². The molecule has 3 atom stereocenters. The summed E-state index contributed by atoms with van der Waals surface area (Å²) in [7, 11) is 0. The number of likely N-dealkylation sites (tertiary alicyclic amines) is 1. The minimum Gasteiger partial charge on any atom is -0.302 e. The zero-order valence-electron chi connectivity index (χ0n) is 18.1. The van der Waals surface area contributed by atoms with E-state index in [1.165, 1.54) is 4.90 Å². The first-order valence-corrected chi connectivity index (χ1v) is 11.6. The Morgan fingerprint density at radius 3 is 2.38 bits per heavy atom. The molecule has 2 aliphatic rings. The quantitative estimate of drug-likeness (QED) is 0.572. The predicted octanol–water partition coefficient (Wildman–Crippen LogP) is 5.26. The molecule has 2 heterocycles. The summed E-state index contributed by atoms with van der Waals surface area (Å²) in [5.74, 6) is -0.840. The number of amides is 2. The van der Waals surface area contributed by atoms with Gasteiger partial charge in [0.1, 0.15) is 0 Å². The van der Waals surface area contributed by atoms with E-state index in [0.29, 0.717) is 34.3 Å². The Kier molecular flexibility index (Phi) is 6.31. The molecule has 0 bridgehead atoms. The van der Waals surface area contributed by atoms with E-state index in [4.69, 9.17) is 23.2 Å². The van der Waals surface area contributed by atoms with Crippen molar-refractivity contribution >= 4 is 40.7 Å². The first-order chi connectivity index (χ1) is 15.3. The third-order valence-corrected chi connectivity index (χ3v) is 7.08. The molecule has 2 fully saturated rings. The van der Waals surface area contributed by atoms with Gasteiger partial charge in [-0.05, 0) is 55.3 Å². The topological polar surface area (TPSA) is 64.4 Å². The minimum atomic E-state index is -0.745. The molecule has 32 heavy (non-hydrogen) atoms. The van der Waals surface area contributed by atoms with Crippen molar-refractivity contribution in [1.29, 1.82) is 5.26 Å². The number of nitriles is 1. The highest BCUT2D eigenvalue weighted by molar-refractivity contribution is 6.35. The van der Waals surface area contributed by atoms with Gasteiger partial charge < -0.3 is 4.90 Å². The Hall–Kier alpha value is -2.39. The van der Waals surface area contributed by atoms with Crippen molar-refractivity contribution in [2.24, 2.45) is 11.3 Å². The molecule has 0 saturated carbocycles. The van der Waals surface area contributed by atoms with Crippen LogP contribution in [0.15, 0.2) is 42.5 Å². The van der Waals surface area contributed by atoms with Crippen molar-refractivity contribution in [2.75, 3.05) is 24.5 Å². The van der Waals surface area contributed by atoms with E-state index in [1.807, 2.05) is 19.1 Å². The number of carbonyl (C=O) groups is 2. The van der Waals surface area contributed by atoms with Gasteiger partial charge in [0.2, 0.25) is 11.8 Å². The lowest BCUT2D eigenvalue weighted by molar-refractivity contribution is -0.140. The summed E-state index contributed by atoms with van der Waals surface area (Å²) in [5.41, 5.74) is 1.27. The molecule has 4 rings (SSSR count). The van der Waals surface area contributed by atoms with Crippen molar-refractivity contribution in [3.8, 4) is 6.07 Å². The first-order valence-electron chi connectivity index (χ1n) is 10.9. The number of nitrogens with zero attached hydrogens (tertiary/aromatic N) is 3. The third kappa shape index (κ3) is 3.92. The van der Waals surface area contributed by atoms with E-state index in [9.17, 15) is 14.9 Å². The molecule has 7 heteroatoms. The Morgan fingerprint density at radius 2 is 1.78 bits per heavy atom. The predicted molar refractivity (Wildman–Crippen MR) is 126 cm³/mol. The van der Waals surface area contributed by atoms with Crippen molar-refractivity contribution in [1.82, 2.24) is 4.90 Å². The average molecular weight is 470 g/mol. The van der Waals surface area contributed by atoms with Gasteiger partial charge in [-0.1, -0.05) is 49.2 Å². The third-order valence-electron chi connectivity index (χ3n) is 6.64. The molecule has 2 saturated heterocycles. The number of piperidine rings is 1. The standard InChI is InChI=1S/C25H25Cl2N3O2/c1-3-8-29-14-22(18-6-4-17(13-28)5-7-18)25(15-29)12-16(2)23(31)30(24(25)32)21-10-19(26)9-20(27)11-21/h4-7,9-11,16,22H,3,8,12,14-15H2,1-2H3/t16?,22-,25-/m0/s1. The van der Waals surface area contributed by atoms with E-state index < -0.39 is 5.41 Å². The van der Waals surface area contributed by atoms with Crippen LogP contribution in [0.5, 0.6) is 0 Å².